The molecule has 3 aromatic rings. The summed E-state index contributed by atoms with van der Waals surface area (Å²) in [5.74, 6) is 0. The molecule has 0 aliphatic heterocycles. The number of nitrogens with zero attached hydrogens (tertiary/aromatic N) is 3. The Morgan fingerprint density at radius 2 is 2.04 bits per heavy atom. The van der Waals surface area contributed by atoms with Crippen LogP contribution in [0.3, 0.4) is 0 Å². The maximum Gasteiger partial charge on any atom is 0.253 e. The van der Waals surface area contributed by atoms with Gasteiger partial charge < -0.3 is 13.9 Å². The number of methoxy groups -OCH3 is 1. The van der Waals surface area contributed by atoms with Gasteiger partial charge in [0.15, 0.2) is 0 Å². The number of ether oxygens (including phenoxy) is 1. The number of hydrogen-bond donors (Lipinski definition) is 0. The van der Waals surface area contributed by atoms with E-state index in [-0.39, 0.29) is 11.6 Å². The highest BCUT2D eigenvalue weighted by molar-refractivity contribution is 5.82. The SMILES string of the molecule is COCC(C)n1cnc2ccc(-c3cc(C)c(=O)n(C)c3)cc21. The van der Waals surface area contributed by atoms with Crippen molar-refractivity contribution < 1.29 is 4.74 Å². The van der Waals surface area contributed by atoms with Crippen molar-refractivity contribution in [2.24, 2.45) is 7.05 Å². The van der Waals surface area contributed by atoms with Crippen LogP contribution in [0.25, 0.3) is 22.2 Å². The summed E-state index contributed by atoms with van der Waals surface area (Å²) in [5, 5.41) is 0. The lowest BCUT2D eigenvalue weighted by Gasteiger charge is -2.14. The second-order valence-electron chi connectivity index (χ2n) is 5.99. The minimum absolute atomic E-state index is 0.0357. The molecule has 1 unspecified atom stereocenters. The first-order chi connectivity index (χ1) is 11.0. The molecule has 0 fully saturated rings. The van der Waals surface area contributed by atoms with E-state index in [1.165, 1.54) is 0 Å². The molecule has 0 saturated carbocycles. The molecular formula is C18H21N3O2. The maximum absolute atomic E-state index is 11.9. The van der Waals surface area contributed by atoms with Gasteiger partial charge in [0.25, 0.3) is 5.56 Å². The topological polar surface area (TPSA) is 49.1 Å². The van der Waals surface area contributed by atoms with Gasteiger partial charge in [-0.25, -0.2) is 4.98 Å². The van der Waals surface area contributed by atoms with Crippen molar-refractivity contribution in [3.63, 3.8) is 0 Å². The van der Waals surface area contributed by atoms with Crippen LogP contribution in [0, 0.1) is 6.92 Å². The summed E-state index contributed by atoms with van der Waals surface area (Å²) < 4.78 is 9.00. The van der Waals surface area contributed by atoms with E-state index < -0.39 is 0 Å². The van der Waals surface area contributed by atoms with Crippen LogP contribution in [0.4, 0.5) is 0 Å². The van der Waals surface area contributed by atoms with Crippen LogP contribution in [0.1, 0.15) is 18.5 Å². The predicted octanol–water partition coefficient (Wildman–Crippen LogP) is 2.92. The Balaban J connectivity index is 2.12. The van der Waals surface area contributed by atoms with Gasteiger partial charge in [-0.2, -0.15) is 0 Å². The lowest BCUT2D eigenvalue weighted by molar-refractivity contribution is 0.163. The van der Waals surface area contributed by atoms with E-state index in [1.807, 2.05) is 37.6 Å². The quantitative estimate of drug-likeness (QED) is 0.744. The third kappa shape index (κ3) is 2.80. The number of pyridine rings is 1. The van der Waals surface area contributed by atoms with Gasteiger partial charge in [0, 0.05) is 25.9 Å². The largest absolute Gasteiger partial charge is 0.383 e. The third-order valence-electron chi connectivity index (χ3n) is 4.15. The molecule has 120 valence electrons. The summed E-state index contributed by atoms with van der Waals surface area (Å²) in [6, 6.07) is 8.32. The van der Waals surface area contributed by atoms with Gasteiger partial charge in [-0.1, -0.05) is 6.07 Å². The van der Waals surface area contributed by atoms with E-state index in [4.69, 9.17) is 4.74 Å². The van der Waals surface area contributed by atoms with E-state index >= 15 is 0 Å². The van der Waals surface area contributed by atoms with Crippen LogP contribution < -0.4 is 5.56 Å². The van der Waals surface area contributed by atoms with Crippen molar-refractivity contribution in [3.8, 4) is 11.1 Å². The van der Waals surface area contributed by atoms with Gasteiger partial charge in [-0.15, -0.1) is 0 Å². The van der Waals surface area contributed by atoms with Gasteiger partial charge in [-0.3, -0.25) is 4.79 Å². The Kier molecular flexibility index (Phi) is 4.05. The second-order valence-corrected chi connectivity index (χ2v) is 5.99. The molecular weight excluding hydrogens is 290 g/mol. The smallest absolute Gasteiger partial charge is 0.253 e. The van der Waals surface area contributed by atoms with Crippen molar-refractivity contribution in [1.29, 1.82) is 0 Å². The van der Waals surface area contributed by atoms with E-state index in [9.17, 15) is 4.79 Å². The lowest BCUT2D eigenvalue weighted by Crippen LogP contribution is -2.18. The third-order valence-corrected chi connectivity index (χ3v) is 4.15. The van der Waals surface area contributed by atoms with Crippen molar-refractivity contribution in [3.05, 3.63) is 52.7 Å². The molecule has 0 radical (unpaired) electrons. The molecule has 0 aliphatic rings. The number of aromatic nitrogens is 3. The first-order valence-corrected chi connectivity index (χ1v) is 7.64. The molecule has 0 spiro atoms. The zero-order valence-electron chi connectivity index (χ0n) is 13.9. The summed E-state index contributed by atoms with van der Waals surface area (Å²) >= 11 is 0. The molecule has 2 heterocycles. The Morgan fingerprint density at radius 3 is 2.74 bits per heavy atom. The average molecular weight is 311 g/mol. The van der Waals surface area contributed by atoms with Crippen molar-refractivity contribution >= 4 is 11.0 Å². The summed E-state index contributed by atoms with van der Waals surface area (Å²) in [4.78, 5) is 16.3. The van der Waals surface area contributed by atoms with Crippen molar-refractivity contribution in [2.45, 2.75) is 19.9 Å². The first kappa shape index (κ1) is 15.5. The van der Waals surface area contributed by atoms with Crippen LogP contribution in [0.15, 0.2) is 41.6 Å². The molecule has 5 heteroatoms. The minimum Gasteiger partial charge on any atom is -0.383 e. The molecule has 2 aromatic heterocycles. The summed E-state index contributed by atoms with van der Waals surface area (Å²) in [6.07, 6.45) is 3.72. The van der Waals surface area contributed by atoms with Gasteiger partial charge in [0.1, 0.15) is 0 Å². The van der Waals surface area contributed by atoms with E-state index in [0.717, 1.165) is 27.7 Å². The zero-order chi connectivity index (χ0) is 16.6. The lowest BCUT2D eigenvalue weighted by atomic mass is 10.1. The molecule has 0 aliphatic carbocycles. The Morgan fingerprint density at radius 1 is 1.26 bits per heavy atom. The highest BCUT2D eigenvalue weighted by Crippen LogP contribution is 2.25. The zero-order valence-corrected chi connectivity index (χ0v) is 13.9. The summed E-state index contributed by atoms with van der Waals surface area (Å²) in [5.41, 5.74) is 4.90. The molecule has 5 nitrogen and oxygen atoms in total. The molecule has 1 atom stereocenters. The molecule has 0 saturated heterocycles. The molecule has 0 amide bonds. The molecule has 3 rings (SSSR count). The first-order valence-electron chi connectivity index (χ1n) is 7.64. The number of rotatable bonds is 4. The van der Waals surface area contributed by atoms with E-state index in [1.54, 1.807) is 18.7 Å². The molecule has 23 heavy (non-hydrogen) atoms. The van der Waals surface area contributed by atoms with Crippen molar-refractivity contribution in [1.82, 2.24) is 14.1 Å². The van der Waals surface area contributed by atoms with Gasteiger partial charge in [-0.05, 0) is 43.2 Å². The van der Waals surface area contributed by atoms with Gasteiger partial charge >= 0.3 is 0 Å². The number of hydrogen-bond acceptors (Lipinski definition) is 3. The molecule has 0 bridgehead atoms. The van der Waals surface area contributed by atoms with E-state index in [0.29, 0.717) is 6.61 Å². The fourth-order valence-electron chi connectivity index (χ4n) is 2.91. The fourth-order valence-corrected chi connectivity index (χ4v) is 2.91. The maximum atomic E-state index is 11.9. The normalized spacial score (nSPS) is 12.7. The summed E-state index contributed by atoms with van der Waals surface area (Å²) in [7, 11) is 3.48. The van der Waals surface area contributed by atoms with Gasteiger partial charge in [0.2, 0.25) is 0 Å². The molecule has 0 N–H and O–H groups in total. The fraction of sp³-hybridized carbons (Fsp3) is 0.333. The number of aryl methyl sites for hydroxylation is 2. The average Bonchev–Trinajstić information content (AvgIpc) is 2.95. The monoisotopic (exact) mass is 311 g/mol. The predicted molar refractivity (Wildman–Crippen MR) is 91.7 cm³/mol. The van der Waals surface area contributed by atoms with Crippen LogP contribution in [-0.2, 0) is 11.8 Å². The van der Waals surface area contributed by atoms with Crippen LogP contribution in [0.5, 0.6) is 0 Å². The van der Waals surface area contributed by atoms with Gasteiger partial charge in [0.05, 0.1) is 30.0 Å². The highest BCUT2D eigenvalue weighted by atomic mass is 16.5. The van der Waals surface area contributed by atoms with Crippen LogP contribution in [-0.4, -0.2) is 27.8 Å². The Bertz CT molecular complexity index is 882. The highest BCUT2D eigenvalue weighted by Gasteiger charge is 2.11. The number of imidazole rings is 1. The Hall–Kier alpha value is -2.40. The standard InChI is InChI=1S/C18H21N3O2/c1-12-7-15(9-20(3)18(12)22)14-5-6-16-17(8-14)21(11-19-16)13(2)10-23-4/h5-9,11,13H,10H2,1-4H3. The van der Waals surface area contributed by atoms with Crippen molar-refractivity contribution in [2.75, 3.05) is 13.7 Å². The van der Waals surface area contributed by atoms with Crippen LogP contribution in [0.2, 0.25) is 0 Å². The Labute approximate surface area is 135 Å². The number of fused-ring (bicyclic) bond motifs is 1. The van der Waals surface area contributed by atoms with E-state index in [2.05, 4.69) is 22.5 Å². The van der Waals surface area contributed by atoms with Crippen LogP contribution >= 0.6 is 0 Å². The number of benzene rings is 1. The summed E-state index contributed by atoms with van der Waals surface area (Å²) in [6.45, 7) is 4.58. The molecule has 1 aromatic carbocycles. The second kappa shape index (κ2) is 6.01. The minimum atomic E-state index is 0.0357.